The van der Waals surface area contributed by atoms with Crippen LogP contribution in [0.2, 0.25) is 0 Å². The maximum absolute atomic E-state index is 10.4. The molecule has 3 heteroatoms. The van der Waals surface area contributed by atoms with Gasteiger partial charge in [-0.05, 0) is 44.9 Å². The van der Waals surface area contributed by atoms with Gasteiger partial charge in [-0.3, -0.25) is 4.79 Å². The molecule has 138 valence electrons. The normalized spacial score (nSPS) is 20.8. The molecule has 0 aliphatic carbocycles. The van der Waals surface area contributed by atoms with Gasteiger partial charge >= 0.3 is 5.97 Å². The second kappa shape index (κ2) is 14.5. The topological polar surface area (TPSA) is 49.8 Å². The molecule has 1 saturated heterocycles. The zero-order chi connectivity index (χ0) is 18.2. The lowest BCUT2D eigenvalue weighted by molar-refractivity contribution is -0.136. The quantitative estimate of drug-likeness (QED) is 0.322. The first-order valence-electron chi connectivity index (χ1n) is 9.36. The molecule has 1 aliphatic heterocycles. The van der Waals surface area contributed by atoms with Crippen LogP contribution < -0.4 is 0 Å². The number of aliphatic carboxylic acids is 1. The highest BCUT2D eigenvalue weighted by Crippen LogP contribution is 2.29. The van der Waals surface area contributed by atoms with Crippen LogP contribution in [0.25, 0.3) is 0 Å². The first kappa shape index (κ1) is 21.2. The monoisotopic (exact) mass is 344 g/mol. The van der Waals surface area contributed by atoms with E-state index in [0.717, 1.165) is 38.5 Å². The van der Waals surface area contributed by atoms with Crippen molar-refractivity contribution < 1.29 is 14.6 Å². The molecular formula is C22H32O3. The van der Waals surface area contributed by atoms with Crippen molar-refractivity contribution in [1.82, 2.24) is 0 Å². The van der Waals surface area contributed by atoms with E-state index in [9.17, 15) is 4.79 Å². The average Bonchev–Trinajstić information content (AvgIpc) is 3.33. The molecule has 0 aromatic rings. The molecule has 0 amide bonds. The van der Waals surface area contributed by atoms with Crippen molar-refractivity contribution in [3.05, 3.63) is 60.8 Å². The minimum atomic E-state index is -0.746. The molecule has 0 radical (unpaired) electrons. The second-order valence-electron chi connectivity index (χ2n) is 6.09. The summed E-state index contributed by atoms with van der Waals surface area (Å²) in [6.07, 6.45) is 28.9. The number of carbonyl (C=O) groups is 1. The lowest BCUT2D eigenvalue weighted by Gasteiger charge is -1.89. The number of allylic oxidation sites excluding steroid dienone is 8. The Bertz CT molecular complexity index is 497. The van der Waals surface area contributed by atoms with E-state index in [1.807, 2.05) is 12.2 Å². The van der Waals surface area contributed by atoms with Crippen molar-refractivity contribution in [2.45, 2.75) is 70.5 Å². The number of hydrogen-bond acceptors (Lipinski definition) is 2. The van der Waals surface area contributed by atoms with Gasteiger partial charge in [0.15, 0.2) is 0 Å². The lowest BCUT2D eigenvalue weighted by Crippen LogP contribution is -1.92. The Balaban J connectivity index is 1.96. The summed E-state index contributed by atoms with van der Waals surface area (Å²) in [6.45, 7) is 2.15. The molecule has 0 bridgehead atoms. The summed E-state index contributed by atoms with van der Waals surface area (Å²) >= 11 is 0. The number of carboxylic acids is 1. The van der Waals surface area contributed by atoms with Crippen LogP contribution in [0.4, 0.5) is 0 Å². The van der Waals surface area contributed by atoms with E-state index in [2.05, 4.69) is 55.5 Å². The Morgan fingerprint density at radius 3 is 1.80 bits per heavy atom. The number of rotatable bonds is 14. The molecule has 2 atom stereocenters. The SMILES string of the molecule is CC/C=C\C/C=C\C/C=C\C/C=C\C[C@H]1O[C@@H]1C/C=C\CCC(=O)O. The van der Waals surface area contributed by atoms with Crippen LogP contribution in [0.15, 0.2) is 60.8 Å². The molecule has 3 nitrogen and oxygen atoms in total. The van der Waals surface area contributed by atoms with Crippen molar-refractivity contribution in [2.24, 2.45) is 0 Å². The third-order valence-electron chi connectivity index (χ3n) is 3.83. The van der Waals surface area contributed by atoms with Crippen LogP contribution in [0, 0.1) is 0 Å². The van der Waals surface area contributed by atoms with Gasteiger partial charge in [0.2, 0.25) is 0 Å². The molecular weight excluding hydrogens is 312 g/mol. The van der Waals surface area contributed by atoms with E-state index in [1.54, 1.807) is 0 Å². The third kappa shape index (κ3) is 13.1. The summed E-state index contributed by atoms with van der Waals surface area (Å²) in [5.74, 6) is -0.746. The van der Waals surface area contributed by atoms with Crippen LogP contribution in [0.3, 0.4) is 0 Å². The van der Waals surface area contributed by atoms with Crippen LogP contribution in [-0.2, 0) is 9.53 Å². The minimum absolute atomic E-state index is 0.202. The van der Waals surface area contributed by atoms with Gasteiger partial charge in [-0.25, -0.2) is 0 Å². The van der Waals surface area contributed by atoms with Crippen molar-refractivity contribution in [2.75, 3.05) is 0 Å². The zero-order valence-electron chi connectivity index (χ0n) is 15.3. The third-order valence-corrected chi connectivity index (χ3v) is 3.83. The standard InChI is InChI=1S/C22H32O3/c1-2-3-4-5-6-7-8-9-10-11-12-14-17-20-21(25-20)18-15-13-16-19-22(23)24/h3-4,6-7,9-10,12-15,20-21H,2,5,8,11,16-19H2,1H3,(H,23,24)/b4-3-,7-6-,10-9-,14-12-,15-13-/t20-,21-/m1/s1. The molecule has 0 unspecified atom stereocenters. The Kier molecular flexibility index (Phi) is 12.3. The summed E-state index contributed by atoms with van der Waals surface area (Å²) in [6, 6.07) is 0. The molecule has 0 spiro atoms. The highest BCUT2D eigenvalue weighted by Gasteiger charge is 2.35. The van der Waals surface area contributed by atoms with Gasteiger partial charge < -0.3 is 9.84 Å². The Hall–Kier alpha value is -1.87. The minimum Gasteiger partial charge on any atom is -0.481 e. The van der Waals surface area contributed by atoms with E-state index in [1.165, 1.54) is 0 Å². The van der Waals surface area contributed by atoms with Gasteiger partial charge in [-0.1, -0.05) is 67.7 Å². The smallest absolute Gasteiger partial charge is 0.303 e. The molecule has 25 heavy (non-hydrogen) atoms. The number of epoxide rings is 1. The predicted molar refractivity (Wildman–Crippen MR) is 105 cm³/mol. The molecule has 0 aromatic heterocycles. The maximum Gasteiger partial charge on any atom is 0.303 e. The van der Waals surface area contributed by atoms with Crippen LogP contribution in [0.1, 0.15) is 58.3 Å². The van der Waals surface area contributed by atoms with Gasteiger partial charge in [-0.2, -0.15) is 0 Å². The van der Waals surface area contributed by atoms with Gasteiger partial charge in [0.1, 0.15) is 0 Å². The average molecular weight is 344 g/mol. The lowest BCUT2D eigenvalue weighted by atomic mass is 10.1. The molecule has 1 rings (SSSR count). The van der Waals surface area contributed by atoms with Gasteiger partial charge in [-0.15, -0.1) is 0 Å². The summed E-state index contributed by atoms with van der Waals surface area (Å²) < 4.78 is 5.59. The second-order valence-corrected chi connectivity index (χ2v) is 6.09. The molecule has 0 aromatic carbocycles. The first-order valence-corrected chi connectivity index (χ1v) is 9.36. The van der Waals surface area contributed by atoms with Crippen LogP contribution in [-0.4, -0.2) is 23.3 Å². The van der Waals surface area contributed by atoms with Crippen molar-refractivity contribution in [3.63, 3.8) is 0 Å². The van der Waals surface area contributed by atoms with Gasteiger partial charge in [0, 0.05) is 6.42 Å². The number of hydrogen-bond donors (Lipinski definition) is 1. The van der Waals surface area contributed by atoms with Gasteiger partial charge in [0.05, 0.1) is 12.2 Å². The molecule has 1 aliphatic rings. The number of ether oxygens (including phenoxy) is 1. The van der Waals surface area contributed by atoms with Crippen LogP contribution in [0.5, 0.6) is 0 Å². The molecule has 1 N–H and O–H groups in total. The first-order chi connectivity index (χ1) is 12.2. The van der Waals surface area contributed by atoms with E-state index >= 15 is 0 Å². The Morgan fingerprint density at radius 1 is 0.800 bits per heavy atom. The van der Waals surface area contributed by atoms with Crippen LogP contribution >= 0.6 is 0 Å². The highest BCUT2D eigenvalue weighted by molar-refractivity contribution is 5.66. The summed E-state index contributed by atoms with van der Waals surface area (Å²) in [4.78, 5) is 10.4. The summed E-state index contributed by atoms with van der Waals surface area (Å²) in [7, 11) is 0. The molecule has 1 fully saturated rings. The molecule has 1 heterocycles. The fourth-order valence-corrected chi connectivity index (χ4v) is 2.36. The maximum atomic E-state index is 10.4. The zero-order valence-corrected chi connectivity index (χ0v) is 15.3. The largest absolute Gasteiger partial charge is 0.481 e. The van der Waals surface area contributed by atoms with Crippen molar-refractivity contribution in [1.29, 1.82) is 0 Å². The van der Waals surface area contributed by atoms with E-state index < -0.39 is 5.97 Å². The summed E-state index contributed by atoms with van der Waals surface area (Å²) in [5.41, 5.74) is 0. The predicted octanol–water partition coefficient (Wildman–Crippen LogP) is 5.76. The van der Waals surface area contributed by atoms with Crippen molar-refractivity contribution in [3.8, 4) is 0 Å². The Labute approximate surface area is 152 Å². The van der Waals surface area contributed by atoms with E-state index in [-0.39, 0.29) is 6.42 Å². The number of carboxylic acid groups (broad SMARTS) is 1. The van der Waals surface area contributed by atoms with Crippen molar-refractivity contribution >= 4 is 5.97 Å². The van der Waals surface area contributed by atoms with E-state index in [0.29, 0.717) is 18.6 Å². The highest BCUT2D eigenvalue weighted by atomic mass is 16.6. The summed E-state index contributed by atoms with van der Waals surface area (Å²) in [5, 5.41) is 8.54. The van der Waals surface area contributed by atoms with E-state index in [4.69, 9.17) is 9.84 Å². The Morgan fingerprint density at radius 2 is 1.28 bits per heavy atom. The fourth-order valence-electron chi connectivity index (χ4n) is 2.36. The molecule has 0 saturated carbocycles. The van der Waals surface area contributed by atoms with Gasteiger partial charge in [0.25, 0.3) is 0 Å². The fraction of sp³-hybridized carbons (Fsp3) is 0.500.